The summed E-state index contributed by atoms with van der Waals surface area (Å²) in [6, 6.07) is 5.85. The molecule has 1 aromatic carbocycles. The average molecular weight is 393 g/mol. The van der Waals surface area contributed by atoms with Crippen LogP contribution < -0.4 is 10.1 Å². The highest BCUT2D eigenvalue weighted by Crippen LogP contribution is 2.54. The summed E-state index contributed by atoms with van der Waals surface area (Å²) >= 11 is 6.22. The summed E-state index contributed by atoms with van der Waals surface area (Å²) < 4.78 is 12.4. The monoisotopic (exact) mass is 392 g/mol. The number of hydrogen-bond donors (Lipinski definition) is 1. The topological polar surface area (TPSA) is 50.8 Å². The third-order valence-corrected chi connectivity index (χ3v) is 6.77. The molecule has 3 aliphatic rings. The smallest absolute Gasteiger partial charge is 0.219 e. The van der Waals surface area contributed by atoms with E-state index in [9.17, 15) is 4.79 Å². The fraction of sp³-hybridized carbons (Fsp3) is 0.667. The van der Waals surface area contributed by atoms with E-state index in [0.717, 1.165) is 50.3 Å². The van der Waals surface area contributed by atoms with Crippen molar-refractivity contribution in [1.82, 2.24) is 10.2 Å². The van der Waals surface area contributed by atoms with Crippen LogP contribution in [0.4, 0.5) is 0 Å². The van der Waals surface area contributed by atoms with Gasteiger partial charge in [-0.1, -0.05) is 24.6 Å². The summed E-state index contributed by atoms with van der Waals surface area (Å²) in [6.07, 6.45) is 3.12. The largest absolute Gasteiger partial charge is 0.491 e. The molecule has 3 saturated heterocycles. The summed E-state index contributed by atoms with van der Waals surface area (Å²) in [7, 11) is 0. The number of aryl methyl sites for hydroxylation is 1. The molecule has 1 spiro atoms. The van der Waals surface area contributed by atoms with E-state index < -0.39 is 0 Å². The van der Waals surface area contributed by atoms with Crippen LogP contribution in [0, 0.1) is 18.8 Å². The van der Waals surface area contributed by atoms with Gasteiger partial charge in [-0.2, -0.15) is 0 Å². The Kier molecular flexibility index (Phi) is 5.36. The van der Waals surface area contributed by atoms with Gasteiger partial charge in [-0.15, -0.1) is 0 Å². The lowest BCUT2D eigenvalue weighted by molar-refractivity contribution is -0.121. The number of likely N-dealkylation sites (tertiary alicyclic amines) is 1. The number of fused-ring (bicyclic) bond motifs is 1. The van der Waals surface area contributed by atoms with Crippen LogP contribution in [0.2, 0.25) is 5.02 Å². The van der Waals surface area contributed by atoms with Gasteiger partial charge in [0.2, 0.25) is 5.91 Å². The van der Waals surface area contributed by atoms with Crippen LogP contribution in [0.1, 0.15) is 31.7 Å². The van der Waals surface area contributed by atoms with E-state index in [1.807, 2.05) is 32.0 Å². The van der Waals surface area contributed by atoms with E-state index in [2.05, 4.69) is 10.2 Å². The molecule has 4 rings (SSSR count). The van der Waals surface area contributed by atoms with Gasteiger partial charge in [-0.25, -0.2) is 0 Å². The molecule has 3 heterocycles. The van der Waals surface area contributed by atoms with Crippen molar-refractivity contribution in [3.8, 4) is 5.75 Å². The number of amides is 1. The number of nitrogens with zero attached hydrogens (tertiary/aromatic N) is 1. The number of benzene rings is 1. The Hall–Kier alpha value is -1.30. The second-order valence-electron chi connectivity index (χ2n) is 8.21. The molecule has 6 heteroatoms. The number of nitrogens with one attached hydrogen (secondary N) is 1. The SMILES string of the molecule is CCC(=O)NC[C@H]1[C@H]2CN(CCOc3cc(C)ccc3Cl)C[C@]23CC[C@H]1O3. The Balaban J connectivity index is 1.32. The first kappa shape index (κ1) is 19.0. The molecule has 4 atom stereocenters. The maximum Gasteiger partial charge on any atom is 0.219 e. The predicted molar refractivity (Wildman–Crippen MR) is 105 cm³/mol. The highest BCUT2D eigenvalue weighted by Gasteiger charge is 2.62. The lowest BCUT2D eigenvalue weighted by atomic mass is 9.73. The van der Waals surface area contributed by atoms with E-state index in [1.165, 1.54) is 0 Å². The summed E-state index contributed by atoms with van der Waals surface area (Å²) in [6.45, 7) is 8.15. The van der Waals surface area contributed by atoms with Crippen LogP contribution in [-0.2, 0) is 9.53 Å². The van der Waals surface area contributed by atoms with Crippen LogP contribution in [0.15, 0.2) is 18.2 Å². The lowest BCUT2D eigenvalue weighted by Crippen LogP contribution is -2.41. The van der Waals surface area contributed by atoms with Crippen molar-refractivity contribution in [1.29, 1.82) is 0 Å². The van der Waals surface area contributed by atoms with Crippen LogP contribution >= 0.6 is 11.6 Å². The number of ether oxygens (including phenoxy) is 2. The number of hydrogen-bond acceptors (Lipinski definition) is 4. The van der Waals surface area contributed by atoms with Gasteiger partial charge in [0.05, 0.1) is 16.7 Å². The second-order valence-corrected chi connectivity index (χ2v) is 8.61. The Labute approximate surface area is 166 Å². The summed E-state index contributed by atoms with van der Waals surface area (Å²) in [5, 5.41) is 3.74. The first-order chi connectivity index (χ1) is 13.0. The van der Waals surface area contributed by atoms with Crippen molar-refractivity contribution in [2.24, 2.45) is 11.8 Å². The predicted octanol–water partition coefficient (Wildman–Crippen LogP) is 3.03. The van der Waals surface area contributed by atoms with Crippen LogP contribution in [0.3, 0.4) is 0 Å². The zero-order valence-electron chi connectivity index (χ0n) is 16.2. The molecule has 0 radical (unpaired) electrons. The summed E-state index contributed by atoms with van der Waals surface area (Å²) in [4.78, 5) is 14.1. The first-order valence-corrected chi connectivity index (χ1v) is 10.4. The van der Waals surface area contributed by atoms with Crippen LogP contribution in [-0.4, -0.2) is 55.3 Å². The van der Waals surface area contributed by atoms with Crippen molar-refractivity contribution >= 4 is 17.5 Å². The van der Waals surface area contributed by atoms with E-state index >= 15 is 0 Å². The molecular weight excluding hydrogens is 364 g/mol. The van der Waals surface area contributed by atoms with E-state index in [-0.39, 0.29) is 11.5 Å². The molecule has 27 heavy (non-hydrogen) atoms. The maximum absolute atomic E-state index is 11.7. The standard InChI is InChI=1S/C21H29ClN2O3/c1-3-20(25)23-11-15-16-12-24(13-21(16)7-6-18(15)27-21)8-9-26-19-10-14(2)4-5-17(19)22/h4-5,10,15-16,18H,3,6-9,11-13H2,1-2H3,(H,23,25)/t15-,16+,18+,21+/m0/s1. The fourth-order valence-electron chi connectivity index (χ4n) is 5.09. The van der Waals surface area contributed by atoms with Crippen LogP contribution in [0.5, 0.6) is 5.75 Å². The van der Waals surface area contributed by atoms with Gasteiger partial charge < -0.3 is 14.8 Å². The molecule has 1 N–H and O–H groups in total. The van der Waals surface area contributed by atoms with Crippen molar-refractivity contribution in [3.05, 3.63) is 28.8 Å². The third kappa shape index (κ3) is 3.69. The van der Waals surface area contributed by atoms with Crippen molar-refractivity contribution < 1.29 is 14.3 Å². The molecule has 0 aliphatic carbocycles. The van der Waals surface area contributed by atoms with Gasteiger partial charge in [0.25, 0.3) is 0 Å². The minimum atomic E-state index is -0.00669. The normalized spacial score (nSPS) is 31.9. The van der Waals surface area contributed by atoms with Gasteiger partial charge in [0.15, 0.2) is 0 Å². The molecule has 1 aromatic rings. The number of carbonyl (C=O) groups excluding carboxylic acids is 1. The first-order valence-electron chi connectivity index (χ1n) is 10.1. The zero-order chi connectivity index (χ0) is 19.0. The number of halogens is 1. The van der Waals surface area contributed by atoms with E-state index in [1.54, 1.807) is 0 Å². The van der Waals surface area contributed by atoms with Gasteiger partial charge in [0, 0.05) is 44.4 Å². The molecule has 3 aliphatic heterocycles. The average Bonchev–Trinajstić information content (AvgIpc) is 3.30. The van der Waals surface area contributed by atoms with E-state index in [4.69, 9.17) is 21.1 Å². The van der Waals surface area contributed by atoms with Crippen molar-refractivity contribution in [3.63, 3.8) is 0 Å². The van der Waals surface area contributed by atoms with E-state index in [0.29, 0.717) is 36.0 Å². The molecular formula is C21H29ClN2O3. The van der Waals surface area contributed by atoms with Gasteiger partial charge in [0.1, 0.15) is 12.4 Å². The fourth-order valence-corrected chi connectivity index (χ4v) is 5.26. The maximum atomic E-state index is 11.7. The second kappa shape index (κ2) is 7.61. The Morgan fingerprint density at radius 3 is 3.15 bits per heavy atom. The lowest BCUT2D eigenvalue weighted by Gasteiger charge is -2.29. The van der Waals surface area contributed by atoms with Crippen molar-refractivity contribution in [2.45, 2.75) is 44.8 Å². The van der Waals surface area contributed by atoms with Gasteiger partial charge >= 0.3 is 0 Å². The summed E-state index contributed by atoms with van der Waals surface area (Å²) in [5.41, 5.74) is 1.14. The number of rotatable bonds is 7. The highest BCUT2D eigenvalue weighted by atomic mass is 35.5. The Morgan fingerprint density at radius 2 is 2.33 bits per heavy atom. The molecule has 0 saturated carbocycles. The molecule has 3 fully saturated rings. The minimum absolute atomic E-state index is 0.00669. The van der Waals surface area contributed by atoms with Crippen LogP contribution in [0.25, 0.3) is 0 Å². The third-order valence-electron chi connectivity index (χ3n) is 6.46. The van der Waals surface area contributed by atoms with Crippen molar-refractivity contribution in [2.75, 3.05) is 32.8 Å². The van der Waals surface area contributed by atoms with Gasteiger partial charge in [-0.05, 0) is 37.5 Å². The molecule has 0 unspecified atom stereocenters. The molecule has 1 amide bonds. The summed E-state index contributed by atoms with van der Waals surface area (Å²) in [5.74, 6) is 1.83. The minimum Gasteiger partial charge on any atom is -0.491 e. The molecule has 5 nitrogen and oxygen atoms in total. The quantitative estimate of drug-likeness (QED) is 0.774. The Bertz CT molecular complexity index is 713. The molecule has 0 aromatic heterocycles. The van der Waals surface area contributed by atoms with Gasteiger partial charge in [-0.3, -0.25) is 9.69 Å². The number of carbonyl (C=O) groups is 1. The molecule has 148 valence electrons. The molecule has 2 bridgehead atoms. The zero-order valence-corrected chi connectivity index (χ0v) is 16.9. The highest BCUT2D eigenvalue weighted by molar-refractivity contribution is 6.32. The Morgan fingerprint density at radius 1 is 1.48 bits per heavy atom.